The Morgan fingerprint density at radius 1 is 1.32 bits per heavy atom. The molecule has 31 heavy (non-hydrogen) atoms. The number of rotatable bonds is 10. The number of benzene rings is 1. The van der Waals surface area contributed by atoms with Gasteiger partial charge in [-0.1, -0.05) is 43.9 Å². The lowest BCUT2D eigenvalue weighted by atomic mass is 10.0. The van der Waals surface area contributed by atoms with Crippen LogP contribution < -0.4 is 14.8 Å². The Labute approximate surface area is 191 Å². The van der Waals surface area contributed by atoms with Gasteiger partial charge in [0.1, 0.15) is 10.4 Å². The van der Waals surface area contributed by atoms with Crippen molar-refractivity contribution in [3.05, 3.63) is 28.7 Å². The molecule has 0 bridgehead atoms. The fourth-order valence-corrected chi connectivity index (χ4v) is 4.17. The summed E-state index contributed by atoms with van der Waals surface area (Å²) in [6, 6.07) is 4.37. The van der Waals surface area contributed by atoms with Crippen molar-refractivity contribution >= 4 is 52.2 Å². The van der Waals surface area contributed by atoms with E-state index in [1.807, 2.05) is 13.0 Å². The molecule has 0 unspecified atom stereocenters. The monoisotopic (exact) mass is 466 g/mol. The van der Waals surface area contributed by atoms with Gasteiger partial charge >= 0.3 is 5.97 Å². The van der Waals surface area contributed by atoms with E-state index in [-0.39, 0.29) is 24.8 Å². The van der Waals surface area contributed by atoms with Crippen molar-refractivity contribution in [1.29, 1.82) is 0 Å². The molecule has 0 spiro atoms. The van der Waals surface area contributed by atoms with E-state index in [0.29, 0.717) is 27.3 Å². The van der Waals surface area contributed by atoms with Gasteiger partial charge in [-0.15, -0.1) is 0 Å². The molecule has 0 aliphatic carbocycles. The van der Waals surface area contributed by atoms with Gasteiger partial charge in [-0.05, 0) is 36.6 Å². The Bertz CT molecular complexity index is 900. The number of carboxylic acids is 1. The highest BCUT2D eigenvalue weighted by atomic mass is 32.2. The summed E-state index contributed by atoms with van der Waals surface area (Å²) in [5.41, 5.74) is 0.750. The largest absolute Gasteiger partial charge is 0.493 e. The minimum Gasteiger partial charge on any atom is -0.493 e. The van der Waals surface area contributed by atoms with Gasteiger partial charge in [-0.2, -0.15) is 0 Å². The minimum atomic E-state index is -1.09. The number of ether oxygens (including phenoxy) is 2. The van der Waals surface area contributed by atoms with Crippen LogP contribution in [0.3, 0.4) is 0 Å². The van der Waals surface area contributed by atoms with Crippen molar-refractivity contribution in [2.24, 2.45) is 5.92 Å². The summed E-state index contributed by atoms with van der Waals surface area (Å²) in [4.78, 5) is 37.9. The molecule has 2 N–H and O–H groups in total. The molecule has 1 aliphatic heterocycles. The number of thioether (sulfide) groups is 1. The van der Waals surface area contributed by atoms with E-state index in [4.69, 9.17) is 21.7 Å². The van der Waals surface area contributed by atoms with Crippen molar-refractivity contribution in [1.82, 2.24) is 10.2 Å². The van der Waals surface area contributed by atoms with Crippen LogP contribution in [0.25, 0.3) is 6.08 Å². The summed E-state index contributed by atoms with van der Waals surface area (Å²) in [7, 11) is 1.54. The quantitative estimate of drug-likeness (QED) is 0.401. The topological polar surface area (TPSA) is 105 Å². The Morgan fingerprint density at radius 2 is 2.03 bits per heavy atom. The Kier molecular flexibility index (Phi) is 8.88. The van der Waals surface area contributed by atoms with E-state index in [2.05, 4.69) is 5.32 Å². The van der Waals surface area contributed by atoms with Gasteiger partial charge in [-0.25, -0.2) is 4.79 Å². The average Bonchev–Trinajstić information content (AvgIpc) is 2.97. The zero-order valence-corrected chi connectivity index (χ0v) is 19.5. The molecule has 1 fully saturated rings. The second-order valence-corrected chi connectivity index (χ2v) is 8.73. The highest BCUT2D eigenvalue weighted by Crippen LogP contribution is 2.34. The molecule has 1 atom stereocenters. The molecule has 168 valence electrons. The maximum atomic E-state index is 12.8. The van der Waals surface area contributed by atoms with Crippen LogP contribution >= 0.6 is 24.0 Å². The highest BCUT2D eigenvalue weighted by molar-refractivity contribution is 8.26. The van der Waals surface area contributed by atoms with Gasteiger partial charge in [0, 0.05) is 13.0 Å². The van der Waals surface area contributed by atoms with Crippen LogP contribution in [0.2, 0.25) is 0 Å². The average molecular weight is 467 g/mol. The van der Waals surface area contributed by atoms with Crippen LogP contribution in [0.5, 0.6) is 11.5 Å². The van der Waals surface area contributed by atoms with Crippen LogP contribution in [0.15, 0.2) is 23.1 Å². The number of nitrogens with zero attached hydrogens (tertiary/aromatic N) is 1. The summed E-state index contributed by atoms with van der Waals surface area (Å²) >= 11 is 6.45. The lowest BCUT2D eigenvalue weighted by molar-refractivity contribution is -0.143. The molecular formula is C21H26N2O6S2. The number of thiocarbonyl (C=S) groups is 1. The van der Waals surface area contributed by atoms with Crippen LogP contribution in [0.1, 0.15) is 32.8 Å². The molecule has 8 nitrogen and oxygen atoms in total. The van der Waals surface area contributed by atoms with Gasteiger partial charge < -0.3 is 19.9 Å². The molecule has 2 rings (SSSR count). The first-order valence-electron chi connectivity index (χ1n) is 9.76. The molecule has 0 saturated carbocycles. The molecule has 1 aromatic carbocycles. The second kappa shape index (κ2) is 11.1. The van der Waals surface area contributed by atoms with Crippen LogP contribution in [-0.4, -0.2) is 58.4 Å². The predicted octanol–water partition coefficient (Wildman–Crippen LogP) is 2.91. The standard InChI is InChI=1S/C21H26N2O6S2/c1-5-29-14-7-6-13(10-15(14)28-4)11-16-19(25)23(21(30)31-16)9-8-17(24)22-18(12(2)3)20(26)27/h6-7,10-12,18H,5,8-9H2,1-4H3,(H,22,24)(H,26,27)/b16-11+/t18-/m0/s1. The zero-order valence-electron chi connectivity index (χ0n) is 17.8. The molecule has 1 saturated heterocycles. The number of hydrogen-bond acceptors (Lipinski definition) is 7. The van der Waals surface area contributed by atoms with Crippen molar-refractivity contribution < 1.29 is 29.0 Å². The third-order valence-electron chi connectivity index (χ3n) is 4.47. The smallest absolute Gasteiger partial charge is 0.326 e. The van der Waals surface area contributed by atoms with Gasteiger partial charge in [0.2, 0.25) is 5.91 Å². The number of amides is 2. The maximum absolute atomic E-state index is 12.8. The summed E-state index contributed by atoms with van der Waals surface area (Å²) in [6.45, 7) is 5.88. The van der Waals surface area contributed by atoms with Crippen molar-refractivity contribution in [2.45, 2.75) is 33.2 Å². The summed E-state index contributed by atoms with van der Waals surface area (Å²) in [6.07, 6.45) is 1.66. The number of aliphatic carboxylic acids is 1. The Balaban J connectivity index is 2.05. The Morgan fingerprint density at radius 3 is 2.61 bits per heavy atom. The van der Waals surface area contributed by atoms with Crippen LogP contribution in [0.4, 0.5) is 0 Å². The normalized spacial score (nSPS) is 16.0. The lowest BCUT2D eigenvalue weighted by Crippen LogP contribution is -2.45. The van der Waals surface area contributed by atoms with Gasteiger partial charge in [0.15, 0.2) is 11.5 Å². The number of methoxy groups -OCH3 is 1. The third kappa shape index (κ3) is 6.44. The van der Waals surface area contributed by atoms with E-state index >= 15 is 0 Å². The predicted molar refractivity (Wildman–Crippen MR) is 123 cm³/mol. The molecule has 1 heterocycles. The van der Waals surface area contributed by atoms with Crippen molar-refractivity contribution in [3.8, 4) is 11.5 Å². The molecule has 10 heteroatoms. The van der Waals surface area contributed by atoms with Gasteiger partial charge in [0.25, 0.3) is 5.91 Å². The van der Waals surface area contributed by atoms with E-state index < -0.39 is 17.9 Å². The Hall–Kier alpha value is -2.59. The molecule has 2 amide bonds. The number of hydrogen-bond donors (Lipinski definition) is 2. The minimum absolute atomic E-state index is 0.0485. The van der Waals surface area contributed by atoms with E-state index in [1.165, 1.54) is 4.90 Å². The first-order valence-corrected chi connectivity index (χ1v) is 11.0. The van der Waals surface area contributed by atoms with Crippen molar-refractivity contribution in [2.75, 3.05) is 20.3 Å². The summed E-state index contributed by atoms with van der Waals surface area (Å²) in [5.74, 6) is -0.929. The fourth-order valence-electron chi connectivity index (χ4n) is 2.87. The molecule has 0 aromatic heterocycles. The van der Waals surface area contributed by atoms with E-state index in [1.54, 1.807) is 39.2 Å². The summed E-state index contributed by atoms with van der Waals surface area (Å²) in [5, 5.41) is 11.7. The molecule has 1 aliphatic rings. The number of carbonyl (C=O) groups excluding carboxylic acids is 2. The molecular weight excluding hydrogens is 440 g/mol. The van der Waals surface area contributed by atoms with E-state index in [9.17, 15) is 19.5 Å². The van der Waals surface area contributed by atoms with Gasteiger partial charge in [0.05, 0.1) is 18.6 Å². The maximum Gasteiger partial charge on any atom is 0.326 e. The highest BCUT2D eigenvalue weighted by Gasteiger charge is 2.32. The fraction of sp³-hybridized carbons (Fsp3) is 0.429. The van der Waals surface area contributed by atoms with Crippen LogP contribution in [-0.2, 0) is 14.4 Å². The lowest BCUT2D eigenvalue weighted by Gasteiger charge is -2.19. The first-order chi connectivity index (χ1) is 14.7. The second-order valence-electron chi connectivity index (χ2n) is 7.05. The first kappa shape index (κ1) is 24.7. The third-order valence-corrected chi connectivity index (χ3v) is 5.85. The zero-order chi connectivity index (χ0) is 23.1. The number of carboxylic acid groups (broad SMARTS) is 1. The van der Waals surface area contributed by atoms with E-state index in [0.717, 1.165) is 17.3 Å². The van der Waals surface area contributed by atoms with Crippen LogP contribution in [0, 0.1) is 5.92 Å². The van der Waals surface area contributed by atoms with Crippen molar-refractivity contribution in [3.63, 3.8) is 0 Å². The summed E-state index contributed by atoms with van der Waals surface area (Å²) < 4.78 is 11.2. The number of nitrogens with one attached hydrogen (secondary N) is 1. The molecule has 0 radical (unpaired) electrons. The molecule has 1 aromatic rings. The number of carbonyl (C=O) groups is 3. The SMILES string of the molecule is CCOc1ccc(/C=C2/SC(=S)N(CCC(=O)N[C@H](C(=O)O)C(C)C)C2=O)cc1OC. The van der Waals surface area contributed by atoms with Gasteiger partial charge in [-0.3, -0.25) is 14.5 Å².